The van der Waals surface area contributed by atoms with Crippen molar-refractivity contribution in [2.24, 2.45) is 0 Å². The van der Waals surface area contributed by atoms with E-state index in [-0.39, 0.29) is 11.1 Å². The van der Waals surface area contributed by atoms with Crippen LogP contribution in [0.4, 0.5) is 22.0 Å². The summed E-state index contributed by atoms with van der Waals surface area (Å²) < 4.78 is 67.6. The zero-order chi connectivity index (χ0) is 22.9. The summed E-state index contributed by atoms with van der Waals surface area (Å²) in [4.78, 5) is 0. The third kappa shape index (κ3) is 4.57. The minimum absolute atomic E-state index is 0.101. The third-order valence-electron chi connectivity index (χ3n) is 6.22. The number of unbranched alkanes of at least 4 members (excludes halogenated alkanes) is 3. The number of hydrogen-bond acceptors (Lipinski definition) is 0. The molecule has 0 saturated carbocycles. The van der Waals surface area contributed by atoms with Gasteiger partial charge in [-0.25, -0.2) is 8.78 Å². The molecule has 1 aliphatic rings. The average Bonchev–Trinajstić information content (AvgIpc) is 2.75. The highest BCUT2D eigenvalue weighted by molar-refractivity contribution is 5.78. The zero-order valence-corrected chi connectivity index (χ0v) is 18.0. The third-order valence-corrected chi connectivity index (χ3v) is 6.22. The second-order valence-corrected chi connectivity index (χ2v) is 8.48. The second kappa shape index (κ2) is 9.05. The van der Waals surface area contributed by atoms with Crippen LogP contribution in [0, 0.1) is 11.6 Å². The van der Waals surface area contributed by atoms with Crippen LogP contribution in [0.1, 0.15) is 54.9 Å². The molecule has 0 nitrogen and oxygen atoms in total. The van der Waals surface area contributed by atoms with Crippen LogP contribution in [0.3, 0.4) is 0 Å². The van der Waals surface area contributed by atoms with Crippen molar-refractivity contribution >= 4 is 0 Å². The normalized spacial score (nSPS) is 13.1. The molecule has 5 heteroatoms. The molecule has 4 rings (SSSR count). The quantitative estimate of drug-likeness (QED) is 0.264. The lowest BCUT2D eigenvalue weighted by molar-refractivity contribution is -0.139. The minimum Gasteiger partial charge on any atom is -0.206 e. The van der Waals surface area contributed by atoms with E-state index in [2.05, 4.69) is 19.1 Å². The van der Waals surface area contributed by atoms with Crippen LogP contribution in [0.15, 0.2) is 48.5 Å². The standard InChI is InChI=1S/C27H25F5/c1-2-3-4-5-6-17-7-11-21-18(13-17)8-9-19-14-23(25(28)16-22(19)21)20-10-12-24(26(29)15-20)27(30,31)32/h7,10-16H,2-6,8-9H2,1H3. The van der Waals surface area contributed by atoms with Gasteiger partial charge in [-0.2, -0.15) is 13.2 Å². The molecule has 1 aliphatic carbocycles. The molecule has 0 saturated heterocycles. The monoisotopic (exact) mass is 444 g/mol. The number of benzene rings is 3. The fourth-order valence-electron chi connectivity index (χ4n) is 4.51. The van der Waals surface area contributed by atoms with Crippen LogP contribution >= 0.6 is 0 Å². The van der Waals surface area contributed by atoms with Gasteiger partial charge in [0.25, 0.3) is 0 Å². The number of fused-ring (bicyclic) bond motifs is 3. The van der Waals surface area contributed by atoms with Gasteiger partial charge in [0.15, 0.2) is 0 Å². The summed E-state index contributed by atoms with van der Waals surface area (Å²) in [7, 11) is 0. The number of rotatable bonds is 6. The molecule has 0 fully saturated rings. The van der Waals surface area contributed by atoms with Gasteiger partial charge < -0.3 is 0 Å². The molecule has 0 amide bonds. The van der Waals surface area contributed by atoms with Crippen LogP contribution in [0.5, 0.6) is 0 Å². The molecule has 0 unspecified atom stereocenters. The Bertz CT molecular complexity index is 1130. The fraction of sp³-hybridized carbons (Fsp3) is 0.333. The summed E-state index contributed by atoms with van der Waals surface area (Å²) in [6, 6.07) is 12.0. The van der Waals surface area contributed by atoms with Gasteiger partial charge in [-0.3, -0.25) is 0 Å². The van der Waals surface area contributed by atoms with Crippen molar-refractivity contribution in [1.82, 2.24) is 0 Å². The first-order chi connectivity index (χ1) is 15.3. The summed E-state index contributed by atoms with van der Waals surface area (Å²) in [5.74, 6) is -1.97. The highest BCUT2D eigenvalue weighted by Crippen LogP contribution is 2.39. The maximum absolute atomic E-state index is 15.0. The molecule has 0 aliphatic heterocycles. The Balaban J connectivity index is 1.63. The first-order valence-electron chi connectivity index (χ1n) is 11.1. The predicted octanol–water partition coefficient (Wildman–Crippen LogP) is 8.54. The van der Waals surface area contributed by atoms with Gasteiger partial charge in [0.1, 0.15) is 11.6 Å². The molecule has 0 radical (unpaired) electrons. The number of alkyl halides is 3. The highest BCUT2D eigenvalue weighted by Gasteiger charge is 2.34. The molecule has 0 bridgehead atoms. The Morgan fingerprint density at radius 3 is 2.16 bits per heavy atom. The fourth-order valence-corrected chi connectivity index (χ4v) is 4.51. The van der Waals surface area contributed by atoms with E-state index in [1.54, 1.807) is 6.07 Å². The van der Waals surface area contributed by atoms with Gasteiger partial charge in [0, 0.05) is 5.56 Å². The van der Waals surface area contributed by atoms with Crippen molar-refractivity contribution in [1.29, 1.82) is 0 Å². The van der Waals surface area contributed by atoms with Gasteiger partial charge in [0.2, 0.25) is 0 Å². The molecule has 0 aromatic heterocycles. The Morgan fingerprint density at radius 1 is 0.719 bits per heavy atom. The summed E-state index contributed by atoms with van der Waals surface area (Å²) in [6.45, 7) is 2.19. The van der Waals surface area contributed by atoms with E-state index in [1.165, 1.54) is 36.5 Å². The van der Waals surface area contributed by atoms with Crippen LogP contribution in [-0.4, -0.2) is 0 Å². The van der Waals surface area contributed by atoms with Crippen molar-refractivity contribution < 1.29 is 22.0 Å². The Labute approximate surface area is 185 Å². The highest BCUT2D eigenvalue weighted by atomic mass is 19.4. The first kappa shape index (κ1) is 22.5. The van der Waals surface area contributed by atoms with Crippen molar-refractivity contribution in [3.63, 3.8) is 0 Å². The lowest BCUT2D eigenvalue weighted by atomic mass is 9.83. The lowest BCUT2D eigenvalue weighted by Crippen LogP contribution is -2.08. The molecule has 0 heterocycles. The van der Waals surface area contributed by atoms with Crippen molar-refractivity contribution in [3.8, 4) is 22.3 Å². The van der Waals surface area contributed by atoms with Crippen LogP contribution in [0.25, 0.3) is 22.3 Å². The molecule has 3 aromatic carbocycles. The van der Waals surface area contributed by atoms with Gasteiger partial charge in [-0.1, -0.05) is 50.5 Å². The summed E-state index contributed by atoms with van der Waals surface area (Å²) >= 11 is 0. The number of halogens is 5. The van der Waals surface area contributed by atoms with Gasteiger partial charge in [0.05, 0.1) is 5.56 Å². The van der Waals surface area contributed by atoms with Gasteiger partial charge in [-0.15, -0.1) is 0 Å². The van der Waals surface area contributed by atoms with E-state index in [9.17, 15) is 22.0 Å². The summed E-state index contributed by atoms with van der Waals surface area (Å²) in [5, 5.41) is 0. The predicted molar refractivity (Wildman–Crippen MR) is 117 cm³/mol. The van der Waals surface area contributed by atoms with Crippen molar-refractivity contribution in [2.45, 2.75) is 58.0 Å². The summed E-state index contributed by atoms with van der Waals surface area (Å²) in [5.41, 5.74) is 4.07. The van der Waals surface area contributed by atoms with Gasteiger partial charge >= 0.3 is 6.18 Å². The van der Waals surface area contributed by atoms with E-state index in [4.69, 9.17) is 0 Å². The zero-order valence-electron chi connectivity index (χ0n) is 18.0. The molecular formula is C27H25F5. The average molecular weight is 444 g/mol. The van der Waals surface area contributed by atoms with E-state index in [1.807, 2.05) is 6.07 Å². The van der Waals surface area contributed by atoms with E-state index < -0.39 is 23.4 Å². The number of hydrogen-bond donors (Lipinski definition) is 0. The SMILES string of the molecule is CCCCCCc1ccc2c(c1)CCc1cc(-c3ccc(C(F)(F)F)c(F)c3)c(F)cc1-2. The topological polar surface area (TPSA) is 0 Å². The largest absolute Gasteiger partial charge is 0.419 e. The molecule has 0 spiro atoms. The van der Waals surface area contributed by atoms with Crippen LogP contribution in [-0.2, 0) is 25.4 Å². The molecule has 3 aromatic rings. The smallest absolute Gasteiger partial charge is 0.206 e. The summed E-state index contributed by atoms with van der Waals surface area (Å²) in [6.07, 6.45) is 2.59. The second-order valence-electron chi connectivity index (χ2n) is 8.48. The molecule has 0 atom stereocenters. The molecular weight excluding hydrogens is 419 g/mol. The first-order valence-corrected chi connectivity index (χ1v) is 11.1. The van der Waals surface area contributed by atoms with E-state index in [0.29, 0.717) is 12.5 Å². The Hall–Kier alpha value is -2.69. The molecule has 32 heavy (non-hydrogen) atoms. The molecule has 0 N–H and O–H groups in total. The Kier molecular flexibility index (Phi) is 6.36. The van der Waals surface area contributed by atoms with Crippen LogP contribution < -0.4 is 0 Å². The maximum Gasteiger partial charge on any atom is 0.419 e. The number of aryl methyl sites for hydroxylation is 3. The van der Waals surface area contributed by atoms with E-state index >= 15 is 0 Å². The van der Waals surface area contributed by atoms with Crippen molar-refractivity contribution in [3.05, 3.63) is 82.4 Å². The Morgan fingerprint density at radius 2 is 1.47 bits per heavy atom. The van der Waals surface area contributed by atoms with E-state index in [0.717, 1.165) is 48.1 Å². The van der Waals surface area contributed by atoms with Crippen molar-refractivity contribution in [2.75, 3.05) is 0 Å². The molecule has 168 valence electrons. The maximum atomic E-state index is 15.0. The minimum atomic E-state index is -4.78. The lowest BCUT2D eigenvalue weighted by Gasteiger charge is -2.22. The van der Waals surface area contributed by atoms with Crippen LogP contribution in [0.2, 0.25) is 0 Å². The van der Waals surface area contributed by atoms with Gasteiger partial charge in [-0.05, 0) is 83.3 Å².